The van der Waals surface area contributed by atoms with Crippen LogP contribution in [0.1, 0.15) is 24.3 Å². The fraction of sp³-hybridized carbons (Fsp3) is 0.571. The van der Waals surface area contributed by atoms with E-state index in [9.17, 15) is 0 Å². The van der Waals surface area contributed by atoms with Crippen LogP contribution in [0.3, 0.4) is 0 Å². The Morgan fingerprint density at radius 2 is 2.00 bits per heavy atom. The lowest BCUT2D eigenvalue weighted by Gasteiger charge is -2.28. The largest absolute Gasteiger partial charge is 0.315 e. The van der Waals surface area contributed by atoms with Crippen molar-refractivity contribution >= 4 is 0 Å². The molecule has 0 radical (unpaired) electrons. The first-order valence-corrected chi connectivity index (χ1v) is 6.45. The minimum Gasteiger partial charge on any atom is -0.315 e. The van der Waals surface area contributed by atoms with Gasteiger partial charge in [0.1, 0.15) is 0 Å². The molecule has 0 amide bonds. The fourth-order valence-corrected chi connectivity index (χ4v) is 3.24. The zero-order valence-corrected chi connectivity index (χ0v) is 9.73. The molecule has 2 saturated heterocycles. The van der Waals surface area contributed by atoms with Gasteiger partial charge in [0.15, 0.2) is 0 Å². The molecule has 0 bridgehead atoms. The molecule has 2 atom stereocenters. The van der Waals surface area contributed by atoms with E-state index in [-0.39, 0.29) is 0 Å². The van der Waals surface area contributed by atoms with Gasteiger partial charge in [0, 0.05) is 31.6 Å². The van der Waals surface area contributed by atoms with Crippen molar-refractivity contribution in [1.29, 1.82) is 0 Å². The third-order valence-electron chi connectivity index (χ3n) is 4.05. The maximum Gasteiger partial charge on any atom is 0.0177 e. The predicted molar refractivity (Wildman–Crippen MR) is 66.6 cm³/mol. The van der Waals surface area contributed by atoms with Gasteiger partial charge in [-0.3, -0.25) is 4.90 Å². The molecule has 1 aromatic rings. The molecular weight excluding hydrogens is 196 g/mol. The second kappa shape index (κ2) is 4.56. The molecule has 0 spiro atoms. The Kier molecular flexibility index (Phi) is 2.94. The summed E-state index contributed by atoms with van der Waals surface area (Å²) in [5, 5.41) is 3.58. The van der Waals surface area contributed by atoms with Crippen molar-refractivity contribution in [2.24, 2.45) is 0 Å². The average Bonchev–Trinajstić information content (AvgIpc) is 2.70. The Labute approximate surface area is 97.6 Å². The van der Waals surface area contributed by atoms with Crippen LogP contribution in [0.15, 0.2) is 30.3 Å². The van der Waals surface area contributed by atoms with Gasteiger partial charge in [0.2, 0.25) is 0 Å². The van der Waals surface area contributed by atoms with E-state index in [1.807, 2.05) is 0 Å². The first-order chi connectivity index (χ1) is 7.95. The van der Waals surface area contributed by atoms with E-state index >= 15 is 0 Å². The highest BCUT2D eigenvalue weighted by atomic mass is 15.2. The molecule has 2 fully saturated rings. The van der Waals surface area contributed by atoms with E-state index in [0.29, 0.717) is 5.92 Å². The van der Waals surface area contributed by atoms with Crippen LogP contribution in [0.5, 0.6) is 0 Å². The summed E-state index contributed by atoms with van der Waals surface area (Å²) in [6.45, 7) is 4.83. The Morgan fingerprint density at radius 1 is 1.12 bits per heavy atom. The first-order valence-electron chi connectivity index (χ1n) is 6.45. The molecule has 2 heteroatoms. The van der Waals surface area contributed by atoms with Gasteiger partial charge in [-0.25, -0.2) is 0 Å². The van der Waals surface area contributed by atoms with E-state index in [0.717, 1.165) is 19.1 Å². The highest BCUT2D eigenvalue weighted by Gasteiger charge is 2.33. The maximum absolute atomic E-state index is 3.58. The van der Waals surface area contributed by atoms with Gasteiger partial charge >= 0.3 is 0 Å². The summed E-state index contributed by atoms with van der Waals surface area (Å²) < 4.78 is 0. The van der Waals surface area contributed by atoms with Gasteiger partial charge in [0.25, 0.3) is 0 Å². The van der Waals surface area contributed by atoms with E-state index < -0.39 is 0 Å². The van der Waals surface area contributed by atoms with Crippen molar-refractivity contribution < 1.29 is 0 Å². The number of hydrogen-bond acceptors (Lipinski definition) is 2. The molecule has 0 aromatic heterocycles. The molecule has 1 N–H and O–H groups in total. The summed E-state index contributed by atoms with van der Waals surface area (Å²) in [5.41, 5.74) is 1.51. The topological polar surface area (TPSA) is 15.3 Å². The summed E-state index contributed by atoms with van der Waals surface area (Å²) >= 11 is 0. The van der Waals surface area contributed by atoms with Crippen LogP contribution in [0.4, 0.5) is 0 Å². The third-order valence-corrected chi connectivity index (χ3v) is 4.05. The lowest BCUT2D eigenvalue weighted by molar-refractivity contribution is 0.249. The maximum atomic E-state index is 3.58. The van der Waals surface area contributed by atoms with E-state index in [4.69, 9.17) is 0 Å². The quantitative estimate of drug-likeness (QED) is 0.770. The molecule has 1 aromatic carbocycles. The Bertz CT molecular complexity index is 336. The normalized spacial score (nSPS) is 31.0. The molecule has 86 valence electrons. The van der Waals surface area contributed by atoms with Gasteiger partial charge in [-0.15, -0.1) is 0 Å². The zero-order chi connectivity index (χ0) is 10.8. The van der Waals surface area contributed by atoms with Crippen LogP contribution in [-0.2, 0) is 0 Å². The molecule has 3 rings (SSSR count). The second-order valence-electron chi connectivity index (χ2n) is 4.97. The van der Waals surface area contributed by atoms with Crippen LogP contribution in [-0.4, -0.2) is 37.1 Å². The van der Waals surface area contributed by atoms with Gasteiger partial charge < -0.3 is 5.32 Å². The van der Waals surface area contributed by atoms with Crippen molar-refractivity contribution in [3.63, 3.8) is 0 Å². The Hall–Kier alpha value is -0.860. The average molecular weight is 216 g/mol. The van der Waals surface area contributed by atoms with Crippen molar-refractivity contribution in [3.05, 3.63) is 35.9 Å². The molecular formula is C14H20N2. The molecule has 2 aliphatic rings. The highest BCUT2D eigenvalue weighted by Crippen LogP contribution is 2.31. The zero-order valence-electron chi connectivity index (χ0n) is 9.73. The predicted octanol–water partition coefficient (Wildman–Crippen LogP) is 1.84. The van der Waals surface area contributed by atoms with Crippen molar-refractivity contribution in [1.82, 2.24) is 10.2 Å². The van der Waals surface area contributed by atoms with E-state index in [1.54, 1.807) is 0 Å². The van der Waals surface area contributed by atoms with Gasteiger partial charge in [0.05, 0.1) is 0 Å². The second-order valence-corrected chi connectivity index (χ2v) is 4.97. The number of rotatable bonds is 1. The molecule has 2 nitrogen and oxygen atoms in total. The summed E-state index contributed by atoms with van der Waals surface area (Å²) in [7, 11) is 0. The number of benzene rings is 1. The number of fused-ring (bicyclic) bond motifs is 1. The van der Waals surface area contributed by atoms with Crippen molar-refractivity contribution in [2.75, 3.05) is 26.2 Å². The highest BCUT2D eigenvalue weighted by molar-refractivity contribution is 5.22. The lowest BCUT2D eigenvalue weighted by atomic mass is 9.90. The fourth-order valence-electron chi connectivity index (χ4n) is 3.24. The summed E-state index contributed by atoms with van der Waals surface area (Å²) in [6, 6.07) is 11.8. The molecule has 0 aliphatic carbocycles. The standard InChI is InChI=1S/C14H20N2/c1-2-5-12(6-3-1)13-11-15-8-10-16-9-4-7-14(13)16/h1-3,5-6,13-15H,4,7-11H2. The van der Waals surface area contributed by atoms with Gasteiger partial charge in [-0.2, -0.15) is 0 Å². The van der Waals surface area contributed by atoms with Gasteiger partial charge in [-0.1, -0.05) is 30.3 Å². The SMILES string of the molecule is c1ccc(C2CNCCN3CCCC23)cc1. The number of hydrogen-bond donors (Lipinski definition) is 1. The first kappa shape index (κ1) is 10.3. The molecule has 2 unspecified atom stereocenters. The smallest absolute Gasteiger partial charge is 0.0177 e. The minimum absolute atomic E-state index is 0.686. The van der Waals surface area contributed by atoms with Crippen LogP contribution in [0.25, 0.3) is 0 Å². The monoisotopic (exact) mass is 216 g/mol. The summed E-state index contributed by atoms with van der Waals surface area (Å²) in [5.74, 6) is 0.686. The lowest BCUT2D eigenvalue weighted by Crippen LogP contribution is -2.34. The molecule has 0 saturated carbocycles. The Morgan fingerprint density at radius 3 is 2.88 bits per heavy atom. The van der Waals surface area contributed by atoms with Crippen molar-refractivity contribution in [3.8, 4) is 0 Å². The molecule has 16 heavy (non-hydrogen) atoms. The van der Waals surface area contributed by atoms with Crippen LogP contribution < -0.4 is 5.32 Å². The number of nitrogens with zero attached hydrogens (tertiary/aromatic N) is 1. The van der Waals surface area contributed by atoms with Crippen LogP contribution >= 0.6 is 0 Å². The molecule has 2 aliphatic heterocycles. The van der Waals surface area contributed by atoms with E-state index in [2.05, 4.69) is 40.5 Å². The Balaban J connectivity index is 1.87. The van der Waals surface area contributed by atoms with Gasteiger partial charge in [-0.05, 0) is 24.9 Å². The number of nitrogens with one attached hydrogen (secondary N) is 1. The minimum atomic E-state index is 0.686. The van der Waals surface area contributed by atoms with E-state index in [1.165, 1.54) is 31.5 Å². The van der Waals surface area contributed by atoms with Crippen LogP contribution in [0.2, 0.25) is 0 Å². The summed E-state index contributed by atoms with van der Waals surface area (Å²) in [4.78, 5) is 2.68. The van der Waals surface area contributed by atoms with Crippen LogP contribution in [0, 0.1) is 0 Å². The third kappa shape index (κ3) is 1.87. The summed E-state index contributed by atoms with van der Waals surface area (Å²) in [6.07, 6.45) is 2.76. The molecule has 2 heterocycles. The van der Waals surface area contributed by atoms with Crippen molar-refractivity contribution in [2.45, 2.75) is 24.8 Å².